The van der Waals surface area contributed by atoms with Crippen molar-refractivity contribution in [2.75, 3.05) is 7.11 Å². The van der Waals surface area contributed by atoms with E-state index in [-0.39, 0.29) is 12.2 Å². The average Bonchev–Trinajstić information content (AvgIpc) is 3.28. The maximum absolute atomic E-state index is 12.8. The standard InChI is InChI=1S/C20H15N3O5S2/c1-11-3-5-14-16(7-11)30-20(22(14)10-18(24)28-2)21-19(25)17-9-12-8-13(23(26)27)4-6-15(12)29-17/h3-9H,10H2,1-2H3. The molecule has 10 heteroatoms. The van der Waals surface area contributed by atoms with Crippen LogP contribution in [0, 0.1) is 17.0 Å². The van der Waals surface area contributed by atoms with E-state index in [4.69, 9.17) is 4.74 Å². The summed E-state index contributed by atoms with van der Waals surface area (Å²) in [6.07, 6.45) is 0. The summed E-state index contributed by atoms with van der Waals surface area (Å²) >= 11 is 2.53. The number of carbonyl (C=O) groups is 2. The first kappa shape index (κ1) is 19.9. The molecule has 0 N–H and O–H groups in total. The third kappa shape index (κ3) is 3.74. The van der Waals surface area contributed by atoms with Gasteiger partial charge >= 0.3 is 5.97 Å². The molecule has 0 spiro atoms. The lowest BCUT2D eigenvalue weighted by Crippen LogP contribution is -2.22. The van der Waals surface area contributed by atoms with Crippen LogP contribution in [-0.4, -0.2) is 28.5 Å². The summed E-state index contributed by atoms with van der Waals surface area (Å²) in [6.45, 7) is 1.90. The van der Waals surface area contributed by atoms with Crippen LogP contribution >= 0.6 is 22.7 Å². The number of hydrogen-bond acceptors (Lipinski definition) is 7. The van der Waals surface area contributed by atoms with Gasteiger partial charge in [-0.1, -0.05) is 17.4 Å². The number of rotatable bonds is 4. The lowest BCUT2D eigenvalue weighted by atomic mass is 10.2. The molecule has 0 aliphatic heterocycles. The molecule has 8 nitrogen and oxygen atoms in total. The van der Waals surface area contributed by atoms with E-state index >= 15 is 0 Å². The maximum Gasteiger partial charge on any atom is 0.325 e. The van der Waals surface area contributed by atoms with Crippen LogP contribution in [-0.2, 0) is 16.1 Å². The molecule has 0 saturated carbocycles. The summed E-state index contributed by atoms with van der Waals surface area (Å²) in [4.78, 5) is 40.2. The van der Waals surface area contributed by atoms with Crippen molar-refractivity contribution in [2.24, 2.45) is 4.99 Å². The van der Waals surface area contributed by atoms with Gasteiger partial charge in [-0.2, -0.15) is 4.99 Å². The Balaban J connectivity index is 1.81. The van der Waals surface area contributed by atoms with Crippen LogP contribution in [0.15, 0.2) is 47.5 Å². The minimum Gasteiger partial charge on any atom is -0.468 e. The van der Waals surface area contributed by atoms with Gasteiger partial charge in [-0.15, -0.1) is 11.3 Å². The van der Waals surface area contributed by atoms with E-state index in [1.807, 2.05) is 25.1 Å². The number of nitro groups is 1. The fourth-order valence-corrected chi connectivity index (χ4v) is 5.06. The zero-order chi connectivity index (χ0) is 21.4. The van der Waals surface area contributed by atoms with Crippen molar-refractivity contribution in [1.82, 2.24) is 4.57 Å². The lowest BCUT2D eigenvalue weighted by molar-refractivity contribution is -0.384. The average molecular weight is 441 g/mol. The quantitative estimate of drug-likeness (QED) is 0.270. The second kappa shape index (κ2) is 7.81. The highest BCUT2D eigenvalue weighted by atomic mass is 32.1. The summed E-state index contributed by atoms with van der Waals surface area (Å²) in [6, 6.07) is 11.8. The summed E-state index contributed by atoms with van der Waals surface area (Å²) in [5, 5.41) is 11.6. The molecule has 30 heavy (non-hydrogen) atoms. The topological polar surface area (TPSA) is 104 Å². The molecule has 4 rings (SSSR count). The Bertz CT molecular complexity index is 1400. The monoisotopic (exact) mass is 441 g/mol. The van der Waals surface area contributed by atoms with Crippen LogP contribution in [0.3, 0.4) is 0 Å². The summed E-state index contributed by atoms with van der Waals surface area (Å²) in [5.74, 6) is -0.918. The summed E-state index contributed by atoms with van der Waals surface area (Å²) in [7, 11) is 1.31. The molecule has 0 atom stereocenters. The zero-order valence-corrected chi connectivity index (χ0v) is 17.6. The number of hydrogen-bond donors (Lipinski definition) is 0. The number of amides is 1. The lowest BCUT2D eigenvalue weighted by Gasteiger charge is -2.03. The highest BCUT2D eigenvalue weighted by Crippen LogP contribution is 2.29. The second-order valence-corrected chi connectivity index (χ2v) is 8.62. The number of ether oxygens (including phenoxy) is 1. The van der Waals surface area contributed by atoms with E-state index in [2.05, 4.69) is 4.99 Å². The van der Waals surface area contributed by atoms with Gasteiger partial charge in [-0.05, 0) is 36.8 Å². The predicted molar refractivity (Wildman–Crippen MR) is 115 cm³/mol. The third-order valence-corrected chi connectivity index (χ3v) is 6.62. The smallest absolute Gasteiger partial charge is 0.325 e. The molecule has 0 aliphatic carbocycles. The normalized spacial score (nSPS) is 11.9. The molecule has 2 heterocycles. The molecule has 2 aromatic carbocycles. The molecular weight excluding hydrogens is 426 g/mol. The minimum atomic E-state index is -0.474. The van der Waals surface area contributed by atoms with Crippen molar-refractivity contribution < 1.29 is 19.2 Å². The summed E-state index contributed by atoms with van der Waals surface area (Å²) in [5.41, 5.74) is 1.81. The van der Waals surface area contributed by atoms with Gasteiger partial charge in [0.2, 0.25) is 0 Å². The Kier molecular flexibility index (Phi) is 5.18. The molecule has 0 bridgehead atoms. The number of esters is 1. The molecule has 1 amide bonds. The number of nitrogens with zero attached hydrogens (tertiary/aromatic N) is 3. The highest BCUT2D eigenvalue weighted by molar-refractivity contribution is 7.21. The van der Waals surface area contributed by atoms with Gasteiger partial charge in [0.25, 0.3) is 11.6 Å². The Hall–Kier alpha value is -3.37. The van der Waals surface area contributed by atoms with Crippen molar-refractivity contribution >= 4 is 60.5 Å². The van der Waals surface area contributed by atoms with E-state index in [1.165, 1.54) is 41.9 Å². The number of fused-ring (bicyclic) bond motifs is 2. The van der Waals surface area contributed by atoms with E-state index < -0.39 is 16.8 Å². The Morgan fingerprint density at radius 2 is 1.93 bits per heavy atom. The van der Waals surface area contributed by atoms with Gasteiger partial charge in [0.05, 0.1) is 27.1 Å². The number of carbonyl (C=O) groups excluding carboxylic acids is 2. The van der Waals surface area contributed by atoms with Gasteiger partial charge in [0, 0.05) is 22.2 Å². The first-order chi connectivity index (χ1) is 14.4. The molecule has 2 aromatic heterocycles. The molecule has 0 radical (unpaired) electrons. The largest absolute Gasteiger partial charge is 0.468 e. The van der Waals surface area contributed by atoms with Crippen molar-refractivity contribution in [1.29, 1.82) is 0 Å². The summed E-state index contributed by atoms with van der Waals surface area (Å²) < 4.78 is 8.09. The molecule has 0 fully saturated rings. The number of aromatic nitrogens is 1. The Morgan fingerprint density at radius 1 is 1.13 bits per heavy atom. The van der Waals surface area contributed by atoms with Crippen LogP contribution in [0.25, 0.3) is 20.3 Å². The second-order valence-electron chi connectivity index (χ2n) is 6.52. The van der Waals surface area contributed by atoms with Gasteiger partial charge in [0.15, 0.2) is 4.80 Å². The number of nitro benzene ring substituents is 1. The van der Waals surface area contributed by atoms with Crippen molar-refractivity contribution in [3.63, 3.8) is 0 Å². The SMILES string of the molecule is COC(=O)Cn1c(=NC(=O)c2cc3cc([N+](=O)[O-])ccc3s2)sc2cc(C)ccc21. The first-order valence-corrected chi connectivity index (χ1v) is 10.4. The van der Waals surface area contributed by atoms with Gasteiger partial charge in [0.1, 0.15) is 6.54 Å². The maximum atomic E-state index is 12.8. The van der Waals surface area contributed by atoms with Crippen LogP contribution in [0.1, 0.15) is 15.2 Å². The Morgan fingerprint density at radius 3 is 2.67 bits per heavy atom. The predicted octanol–water partition coefficient (Wildman–Crippen LogP) is 4.05. The van der Waals surface area contributed by atoms with Crippen molar-refractivity contribution in [2.45, 2.75) is 13.5 Å². The molecule has 0 saturated heterocycles. The number of thiophene rings is 1. The van der Waals surface area contributed by atoms with Crippen LogP contribution in [0.4, 0.5) is 5.69 Å². The molecule has 152 valence electrons. The zero-order valence-electron chi connectivity index (χ0n) is 15.9. The number of benzene rings is 2. The highest BCUT2D eigenvalue weighted by Gasteiger charge is 2.15. The fraction of sp³-hybridized carbons (Fsp3) is 0.150. The van der Waals surface area contributed by atoms with Crippen LogP contribution in [0.5, 0.6) is 0 Å². The van der Waals surface area contributed by atoms with Crippen molar-refractivity contribution in [3.05, 3.63) is 67.8 Å². The van der Waals surface area contributed by atoms with E-state index in [0.29, 0.717) is 15.1 Å². The number of aryl methyl sites for hydroxylation is 1. The first-order valence-electron chi connectivity index (χ1n) is 8.79. The van der Waals surface area contributed by atoms with Gasteiger partial charge in [-0.3, -0.25) is 19.7 Å². The third-order valence-electron chi connectivity index (χ3n) is 4.47. The Labute approximate surface area is 177 Å². The minimum absolute atomic E-state index is 0.0352. The van der Waals surface area contributed by atoms with Gasteiger partial charge < -0.3 is 9.30 Å². The van der Waals surface area contributed by atoms with E-state index in [1.54, 1.807) is 16.7 Å². The molecule has 0 aliphatic rings. The van der Waals surface area contributed by atoms with E-state index in [9.17, 15) is 19.7 Å². The molecular formula is C20H15N3O5S2. The fourth-order valence-electron chi connectivity index (χ4n) is 3.00. The molecule has 0 unspecified atom stereocenters. The van der Waals surface area contributed by atoms with Crippen LogP contribution < -0.4 is 4.80 Å². The number of methoxy groups -OCH3 is 1. The van der Waals surface area contributed by atoms with E-state index in [0.717, 1.165) is 20.5 Å². The number of non-ortho nitro benzene ring substituents is 1. The number of thiazole rings is 1. The molecule has 4 aromatic rings. The van der Waals surface area contributed by atoms with Crippen molar-refractivity contribution in [3.8, 4) is 0 Å². The van der Waals surface area contributed by atoms with Gasteiger partial charge in [-0.25, -0.2) is 0 Å². The van der Waals surface area contributed by atoms with Crippen LogP contribution in [0.2, 0.25) is 0 Å².